The van der Waals surface area contributed by atoms with Crippen molar-refractivity contribution >= 4 is 23.5 Å². The lowest BCUT2D eigenvalue weighted by atomic mass is 9.82. The van der Waals surface area contributed by atoms with E-state index < -0.39 is 7.60 Å². The van der Waals surface area contributed by atoms with Gasteiger partial charge in [-0.15, -0.1) is 6.58 Å². The van der Waals surface area contributed by atoms with Gasteiger partial charge in [-0.3, -0.25) is 4.57 Å². The van der Waals surface area contributed by atoms with E-state index in [-0.39, 0.29) is 5.41 Å². The molecule has 0 aliphatic rings. The van der Waals surface area contributed by atoms with Crippen molar-refractivity contribution in [3.8, 4) is 0 Å². The van der Waals surface area contributed by atoms with E-state index in [0.29, 0.717) is 17.4 Å². The maximum atomic E-state index is 12.6. The Hall–Kier alpha value is -0.150. The number of hydrogen-bond acceptors (Lipinski definition) is 3. The summed E-state index contributed by atoms with van der Waals surface area (Å²) in [6.45, 7) is 14.6. The Kier molecular flexibility index (Phi) is 10.5. The summed E-state index contributed by atoms with van der Waals surface area (Å²) in [5, 5.41) is 0. The molecule has 0 heterocycles. The standard InChI is InChI=1S/C17H30BrO3P/c1-7-17(6,13-10-11-15(4)5)14-12-16(18)22(19,20-8-2)21-9-3/h7,11-12H,1,8-10,13-14H2,2-6H3/b16-12+. The van der Waals surface area contributed by atoms with Crippen molar-refractivity contribution in [2.24, 2.45) is 5.41 Å². The zero-order valence-electron chi connectivity index (χ0n) is 14.5. The molecule has 128 valence electrons. The fourth-order valence-electron chi connectivity index (χ4n) is 1.91. The summed E-state index contributed by atoms with van der Waals surface area (Å²) in [6.07, 6.45) is 8.83. The molecule has 22 heavy (non-hydrogen) atoms. The first kappa shape index (κ1) is 21.9. The van der Waals surface area contributed by atoms with Gasteiger partial charge in [-0.1, -0.05) is 30.7 Å². The van der Waals surface area contributed by atoms with Crippen LogP contribution in [0.5, 0.6) is 0 Å². The summed E-state index contributed by atoms with van der Waals surface area (Å²) < 4.78 is 23.8. The molecule has 0 fully saturated rings. The number of rotatable bonds is 11. The highest BCUT2D eigenvalue weighted by atomic mass is 79.9. The van der Waals surface area contributed by atoms with Gasteiger partial charge >= 0.3 is 7.60 Å². The monoisotopic (exact) mass is 392 g/mol. The Bertz CT molecular complexity index is 443. The molecule has 0 spiro atoms. The van der Waals surface area contributed by atoms with Crippen molar-refractivity contribution < 1.29 is 13.6 Å². The van der Waals surface area contributed by atoms with Crippen molar-refractivity contribution in [1.29, 1.82) is 0 Å². The SMILES string of the molecule is C=CC(C)(C/C=C(\Br)P(=O)(OCC)OCC)CCC=C(C)C. The molecule has 0 aromatic heterocycles. The summed E-state index contributed by atoms with van der Waals surface area (Å²) in [5.41, 5.74) is 1.27. The van der Waals surface area contributed by atoms with Gasteiger partial charge in [0.25, 0.3) is 0 Å². The fourth-order valence-corrected chi connectivity index (χ4v) is 4.00. The number of hydrogen-bond donors (Lipinski definition) is 0. The first-order valence-corrected chi connectivity index (χ1v) is 10.1. The van der Waals surface area contributed by atoms with Gasteiger partial charge in [-0.05, 0) is 68.3 Å². The second-order valence-corrected chi connectivity index (χ2v) is 9.20. The van der Waals surface area contributed by atoms with Crippen molar-refractivity contribution in [1.82, 2.24) is 0 Å². The Morgan fingerprint density at radius 1 is 1.23 bits per heavy atom. The van der Waals surface area contributed by atoms with E-state index in [1.165, 1.54) is 5.57 Å². The Balaban J connectivity index is 4.97. The highest BCUT2D eigenvalue weighted by Gasteiger charge is 2.28. The van der Waals surface area contributed by atoms with E-state index in [1.54, 1.807) is 13.8 Å². The Morgan fingerprint density at radius 3 is 2.18 bits per heavy atom. The molecule has 0 radical (unpaired) electrons. The molecule has 1 unspecified atom stereocenters. The lowest BCUT2D eigenvalue weighted by Crippen LogP contribution is -2.11. The molecule has 3 nitrogen and oxygen atoms in total. The van der Waals surface area contributed by atoms with E-state index >= 15 is 0 Å². The van der Waals surface area contributed by atoms with Gasteiger partial charge in [-0.2, -0.15) is 0 Å². The molecule has 0 saturated heterocycles. The van der Waals surface area contributed by atoms with Crippen LogP contribution in [0.4, 0.5) is 0 Å². The number of halogens is 1. The van der Waals surface area contributed by atoms with Gasteiger partial charge in [-0.25, -0.2) is 0 Å². The maximum absolute atomic E-state index is 12.6. The minimum atomic E-state index is -3.22. The molecule has 0 rings (SSSR count). The van der Waals surface area contributed by atoms with Crippen LogP contribution in [0, 0.1) is 5.41 Å². The third-order valence-electron chi connectivity index (χ3n) is 3.36. The van der Waals surface area contributed by atoms with Crippen molar-refractivity contribution in [3.63, 3.8) is 0 Å². The number of allylic oxidation sites excluding steroid dienone is 4. The van der Waals surface area contributed by atoms with Crippen LogP contribution in [0.1, 0.15) is 53.9 Å². The zero-order valence-corrected chi connectivity index (χ0v) is 17.0. The topological polar surface area (TPSA) is 35.5 Å². The van der Waals surface area contributed by atoms with Gasteiger partial charge in [0.1, 0.15) is 4.22 Å². The lowest BCUT2D eigenvalue weighted by molar-refractivity contribution is 0.228. The van der Waals surface area contributed by atoms with Crippen molar-refractivity contribution in [2.75, 3.05) is 13.2 Å². The molecule has 0 aliphatic carbocycles. The summed E-state index contributed by atoms with van der Waals surface area (Å²) >= 11 is 3.38. The summed E-state index contributed by atoms with van der Waals surface area (Å²) in [5.74, 6) is 0. The molecule has 0 N–H and O–H groups in total. The highest BCUT2D eigenvalue weighted by Crippen LogP contribution is 2.59. The molecule has 1 atom stereocenters. The zero-order chi connectivity index (χ0) is 17.2. The summed E-state index contributed by atoms with van der Waals surface area (Å²) in [4.78, 5) is 0. The first-order chi connectivity index (χ1) is 10.2. The third-order valence-corrected chi connectivity index (χ3v) is 6.89. The van der Waals surface area contributed by atoms with Crippen LogP contribution < -0.4 is 0 Å². The molecule has 0 saturated carbocycles. The van der Waals surface area contributed by atoms with Gasteiger partial charge in [0.2, 0.25) is 0 Å². The summed E-state index contributed by atoms with van der Waals surface area (Å²) in [7, 11) is -3.22. The lowest BCUT2D eigenvalue weighted by Gasteiger charge is -2.24. The maximum Gasteiger partial charge on any atom is 0.367 e. The van der Waals surface area contributed by atoms with Crippen LogP contribution in [0.2, 0.25) is 0 Å². The van der Waals surface area contributed by atoms with Crippen LogP contribution in [0.25, 0.3) is 0 Å². The molecule has 0 amide bonds. The van der Waals surface area contributed by atoms with E-state index in [9.17, 15) is 4.57 Å². The van der Waals surface area contributed by atoms with E-state index in [4.69, 9.17) is 9.05 Å². The molecule has 0 aliphatic heterocycles. The molecular weight excluding hydrogens is 363 g/mol. The van der Waals surface area contributed by atoms with Crippen LogP contribution in [0.15, 0.2) is 34.6 Å². The predicted molar refractivity (Wildman–Crippen MR) is 99.5 cm³/mol. The molecule has 5 heteroatoms. The highest BCUT2D eigenvalue weighted by molar-refractivity contribution is 9.13. The molecular formula is C17H30BrO3P. The Labute approximate surface area is 144 Å². The first-order valence-electron chi connectivity index (χ1n) is 7.75. The quantitative estimate of drug-likeness (QED) is 0.285. The van der Waals surface area contributed by atoms with Crippen LogP contribution in [-0.4, -0.2) is 13.2 Å². The second kappa shape index (κ2) is 10.6. The van der Waals surface area contributed by atoms with Gasteiger partial charge in [0.05, 0.1) is 13.2 Å². The predicted octanol–water partition coefficient (Wildman–Crippen LogP) is 6.82. The largest absolute Gasteiger partial charge is 0.367 e. The minimum Gasteiger partial charge on any atom is -0.305 e. The summed E-state index contributed by atoms with van der Waals surface area (Å²) in [6, 6.07) is 0. The molecule has 0 bridgehead atoms. The van der Waals surface area contributed by atoms with E-state index in [2.05, 4.69) is 49.4 Å². The van der Waals surface area contributed by atoms with Crippen LogP contribution in [0.3, 0.4) is 0 Å². The van der Waals surface area contributed by atoms with Crippen molar-refractivity contribution in [2.45, 2.75) is 53.9 Å². The molecule has 0 aromatic rings. The van der Waals surface area contributed by atoms with Gasteiger partial charge in [0.15, 0.2) is 0 Å². The molecule has 0 aromatic carbocycles. The van der Waals surface area contributed by atoms with Gasteiger partial charge in [0, 0.05) is 0 Å². The van der Waals surface area contributed by atoms with Crippen molar-refractivity contribution in [3.05, 3.63) is 34.6 Å². The van der Waals surface area contributed by atoms with E-state index in [0.717, 1.165) is 19.3 Å². The van der Waals surface area contributed by atoms with Crippen LogP contribution in [-0.2, 0) is 13.6 Å². The average molecular weight is 393 g/mol. The average Bonchev–Trinajstić information content (AvgIpc) is 2.45. The fraction of sp³-hybridized carbons (Fsp3) is 0.647. The van der Waals surface area contributed by atoms with Gasteiger partial charge < -0.3 is 9.05 Å². The smallest absolute Gasteiger partial charge is 0.305 e. The Morgan fingerprint density at radius 2 is 1.77 bits per heavy atom. The van der Waals surface area contributed by atoms with Crippen LogP contribution >= 0.6 is 23.5 Å². The normalized spacial score (nSPS) is 15.3. The second-order valence-electron chi connectivity index (χ2n) is 5.74. The van der Waals surface area contributed by atoms with E-state index in [1.807, 2.05) is 12.2 Å². The third kappa shape index (κ3) is 7.92. The minimum absolute atomic E-state index is 0.0474.